The van der Waals surface area contributed by atoms with E-state index in [1.54, 1.807) is 0 Å². The standard InChI is InChI=1S/C28H45NO2Si/c1-5-15-25(16-9-8-14-21-29)24-30-22-23-31-32(28(2,3)4,26-17-10-6-11-18-26)27-19-12-7-13-20-27/h6-7,10-13,17-20,25H,5,8-9,14-16,21-24,29H2,1-4H3. The maximum atomic E-state index is 6.92. The minimum atomic E-state index is -2.46. The van der Waals surface area contributed by atoms with E-state index in [4.69, 9.17) is 14.9 Å². The summed E-state index contributed by atoms with van der Waals surface area (Å²) in [6, 6.07) is 21.7. The molecule has 0 saturated carbocycles. The van der Waals surface area contributed by atoms with Gasteiger partial charge in [-0.05, 0) is 47.1 Å². The van der Waals surface area contributed by atoms with E-state index in [0.717, 1.165) is 19.6 Å². The summed E-state index contributed by atoms with van der Waals surface area (Å²) in [5.41, 5.74) is 5.63. The van der Waals surface area contributed by atoms with Crippen molar-refractivity contribution in [3.05, 3.63) is 60.7 Å². The molecule has 3 nitrogen and oxygen atoms in total. The van der Waals surface area contributed by atoms with Gasteiger partial charge in [-0.1, -0.05) is 108 Å². The summed E-state index contributed by atoms with van der Waals surface area (Å²) in [5.74, 6) is 0.644. The van der Waals surface area contributed by atoms with Crippen molar-refractivity contribution in [2.24, 2.45) is 11.7 Å². The van der Waals surface area contributed by atoms with Gasteiger partial charge in [-0.15, -0.1) is 0 Å². The van der Waals surface area contributed by atoms with Crippen LogP contribution >= 0.6 is 0 Å². The fourth-order valence-corrected chi connectivity index (χ4v) is 9.28. The number of nitrogens with two attached hydrogens (primary N) is 1. The Kier molecular flexibility index (Phi) is 11.7. The molecule has 178 valence electrons. The average Bonchev–Trinajstić information content (AvgIpc) is 2.79. The van der Waals surface area contributed by atoms with Crippen molar-refractivity contribution in [3.8, 4) is 0 Å². The van der Waals surface area contributed by atoms with Gasteiger partial charge < -0.3 is 14.9 Å². The third-order valence-electron chi connectivity index (χ3n) is 6.33. The molecule has 2 aromatic rings. The SMILES string of the molecule is CCCC(CCCCCN)COCCO[Si](c1ccccc1)(c1ccccc1)C(C)(C)C. The van der Waals surface area contributed by atoms with Gasteiger partial charge in [0, 0.05) is 6.61 Å². The molecule has 0 fully saturated rings. The average molecular weight is 456 g/mol. The summed E-state index contributed by atoms with van der Waals surface area (Å²) in [4.78, 5) is 0. The van der Waals surface area contributed by atoms with E-state index in [1.165, 1.54) is 42.5 Å². The molecule has 1 unspecified atom stereocenters. The van der Waals surface area contributed by atoms with Crippen LogP contribution in [0.4, 0.5) is 0 Å². The van der Waals surface area contributed by atoms with E-state index in [0.29, 0.717) is 19.1 Å². The van der Waals surface area contributed by atoms with Crippen LogP contribution in [0.2, 0.25) is 5.04 Å². The van der Waals surface area contributed by atoms with Crippen LogP contribution in [0.15, 0.2) is 60.7 Å². The number of rotatable bonds is 15. The van der Waals surface area contributed by atoms with Crippen molar-refractivity contribution in [3.63, 3.8) is 0 Å². The molecular formula is C28H45NO2Si. The fourth-order valence-electron chi connectivity index (χ4n) is 4.74. The highest BCUT2D eigenvalue weighted by Crippen LogP contribution is 2.36. The molecule has 0 saturated heterocycles. The van der Waals surface area contributed by atoms with E-state index in [-0.39, 0.29) is 5.04 Å². The molecule has 0 aliphatic carbocycles. The second kappa shape index (κ2) is 13.9. The first kappa shape index (κ1) is 26.8. The highest BCUT2D eigenvalue weighted by atomic mass is 28.4. The van der Waals surface area contributed by atoms with E-state index < -0.39 is 8.32 Å². The molecule has 0 aromatic heterocycles. The summed E-state index contributed by atoms with van der Waals surface area (Å²) >= 11 is 0. The Balaban J connectivity index is 2.05. The molecule has 1 atom stereocenters. The van der Waals surface area contributed by atoms with Gasteiger partial charge in [-0.3, -0.25) is 0 Å². The van der Waals surface area contributed by atoms with Gasteiger partial charge in [0.15, 0.2) is 0 Å². The quantitative estimate of drug-likeness (QED) is 0.284. The molecular weight excluding hydrogens is 410 g/mol. The Hall–Kier alpha value is -1.46. The summed E-state index contributed by atoms with van der Waals surface area (Å²) in [7, 11) is -2.46. The minimum absolute atomic E-state index is 0.00342. The molecule has 0 aliphatic rings. The highest BCUT2D eigenvalue weighted by Gasteiger charge is 2.49. The first-order chi connectivity index (χ1) is 15.5. The van der Waals surface area contributed by atoms with Crippen molar-refractivity contribution in [2.45, 2.75) is 71.3 Å². The van der Waals surface area contributed by atoms with E-state index >= 15 is 0 Å². The van der Waals surface area contributed by atoms with Gasteiger partial charge in [0.25, 0.3) is 8.32 Å². The molecule has 32 heavy (non-hydrogen) atoms. The van der Waals surface area contributed by atoms with Crippen LogP contribution < -0.4 is 16.1 Å². The maximum absolute atomic E-state index is 6.92. The van der Waals surface area contributed by atoms with Crippen LogP contribution in [-0.2, 0) is 9.16 Å². The van der Waals surface area contributed by atoms with Crippen LogP contribution in [-0.4, -0.2) is 34.7 Å². The van der Waals surface area contributed by atoms with Crippen LogP contribution in [0.1, 0.15) is 66.2 Å². The Morgan fingerprint density at radius 2 is 1.41 bits per heavy atom. The lowest BCUT2D eigenvalue weighted by Crippen LogP contribution is -2.66. The smallest absolute Gasteiger partial charge is 0.261 e. The predicted molar refractivity (Wildman–Crippen MR) is 140 cm³/mol. The highest BCUT2D eigenvalue weighted by molar-refractivity contribution is 6.99. The first-order valence-electron chi connectivity index (χ1n) is 12.5. The maximum Gasteiger partial charge on any atom is 0.261 e. The van der Waals surface area contributed by atoms with Crippen LogP contribution in [0.25, 0.3) is 0 Å². The van der Waals surface area contributed by atoms with Crippen LogP contribution in [0, 0.1) is 5.92 Å². The Bertz CT molecular complexity index is 691. The molecule has 0 bridgehead atoms. The van der Waals surface area contributed by atoms with Crippen LogP contribution in [0.5, 0.6) is 0 Å². The summed E-state index contributed by atoms with van der Waals surface area (Å²) in [5, 5.41) is 2.65. The topological polar surface area (TPSA) is 44.5 Å². The first-order valence-corrected chi connectivity index (χ1v) is 14.4. The lowest BCUT2D eigenvalue weighted by Gasteiger charge is -2.43. The summed E-state index contributed by atoms with van der Waals surface area (Å²) in [6.45, 7) is 12.1. The third kappa shape index (κ3) is 7.55. The number of benzene rings is 2. The van der Waals surface area contributed by atoms with Gasteiger partial charge in [-0.2, -0.15) is 0 Å². The molecule has 0 amide bonds. The van der Waals surface area contributed by atoms with Crippen molar-refractivity contribution in [2.75, 3.05) is 26.4 Å². The second-order valence-corrected chi connectivity index (χ2v) is 14.2. The molecule has 0 spiro atoms. The normalized spacial score (nSPS) is 13.3. The van der Waals surface area contributed by atoms with Gasteiger partial charge in [0.2, 0.25) is 0 Å². The molecule has 2 N–H and O–H groups in total. The zero-order chi connectivity index (χ0) is 23.3. The third-order valence-corrected chi connectivity index (χ3v) is 11.4. The number of hydrogen-bond acceptors (Lipinski definition) is 3. The van der Waals surface area contributed by atoms with Crippen molar-refractivity contribution < 1.29 is 9.16 Å². The lowest BCUT2D eigenvalue weighted by molar-refractivity contribution is 0.0660. The second-order valence-electron chi connectivity index (χ2n) is 9.88. The van der Waals surface area contributed by atoms with Crippen molar-refractivity contribution in [1.29, 1.82) is 0 Å². The predicted octanol–water partition coefficient (Wildman–Crippen LogP) is 5.52. The van der Waals surface area contributed by atoms with E-state index in [2.05, 4.69) is 88.4 Å². The Morgan fingerprint density at radius 1 is 0.812 bits per heavy atom. The number of ether oxygens (including phenoxy) is 1. The van der Waals surface area contributed by atoms with Crippen molar-refractivity contribution >= 4 is 18.7 Å². The van der Waals surface area contributed by atoms with Gasteiger partial charge in [0.05, 0.1) is 13.2 Å². The van der Waals surface area contributed by atoms with Gasteiger partial charge in [-0.25, -0.2) is 0 Å². The molecule has 2 rings (SSSR count). The minimum Gasteiger partial charge on any atom is -0.405 e. The van der Waals surface area contributed by atoms with Crippen molar-refractivity contribution in [1.82, 2.24) is 0 Å². The summed E-state index contributed by atoms with van der Waals surface area (Å²) in [6.07, 6.45) is 7.30. The molecule has 0 heterocycles. The number of unbranched alkanes of at least 4 members (excludes halogenated alkanes) is 2. The van der Waals surface area contributed by atoms with E-state index in [9.17, 15) is 0 Å². The molecule has 4 heteroatoms. The molecule has 0 aliphatic heterocycles. The monoisotopic (exact) mass is 455 g/mol. The number of hydrogen-bond donors (Lipinski definition) is 1. The fraction of sp³-hybridized carbons (Fsp3) is 0.571. The molecule has 2 aromatic carbocycles. The Labute approximate surface area is 197 Å². The summed E-state index contributed by atoms with van der Waals surface area (Å²) < 4.78 is 13.1. The largest absolute Gasteiger partial charge is 0.405 e. The van der Waals surface area contributed by atoms with Gasteiger partial charge in [0.1, 0.15) is 0 Å². The Morgan fingerprint density at radius 3 is 1.91 bits per heavy atom. The van der Waals surface area contributed by atoms with Crippen LogP contribution in [0.3, 0.4) is 0 Å². The van der Waals surface area contributed by atoms with E-state index in [1.807, 2.05) is 0 Å². The molecule has 0 radical (unpaired) electrons. The zero-order valence-corrected chi connectivity index (χ0v) is 21.8. The van der Waals surface area contributed by atoms with Gasteiger partial charge >= 0.3 is 0 Å². The zero-order valence-electron chi connectivity index (χ0n) is 20.8. The lowest BCUT2D eigenvalue weighted by atomic mass is 9.97.